The van der Waals surface area contributed by atoms with Gasteiger partial charge in [0.25, 0.3) is 0 Å². The van der Waals surface area contributed by atoms with Gasteiger partial charge in [-0.3, -0.25) is 13.8 Å². The Morgan fingerprint density at radius 3 is 1.53 bits per heavy atom. The molecule has 0 radical (unpaired) electrons. The lowest BCUT2D eigenvalue weighted by molar-refractivity contribution is -0.870. The summed E-state index contributed by atoms with van der Waals surface area (Å²) < 4.78 is 23.6. The van der Waals surface area contributed by atoms with Crippen LogP contribution in [-0.2, 0) is 18.4 Å². The maximum atomic E-state index is 12.8. The molecule has 3 N–H and O–H groups in total. The van der Waals surface area contributed by atoms with E-state index < -0.39 is 20.0 Å². The highest BCUT2D eigenvalue weighted by Crippen LogP contribution is 2.43. The van der Waals surface area contributed by atoms with Crippen LogP contribution in [0, 0.1) is 0 Å². The summed E-state index contributed by atoms with van der Waals surface area (Å²) in [7, 11) is 1.59. The first-order valence-corrected chi connectivity index (χ1v) is 22.7. The highest BCUT2D eigenvalue weighted by molar-refractivity contribution is 7.47. The zero-order valence-corrected chi connectivity index (χ0v) is 35.0. The number of unbranched alkanes of at least 4 members (excludes halogenated alkanes) is 21. The van der Waals surface area contributed by atoms with Gasteiger partial charge in [-0.15, -0.1) is 0 Å². The zero-order chi connectivity index (χ0) is 37.9. The minimum atomic E-state index is -4.32. The average Bonchev–Trinajstić information content (AvgIpc) is 3.07. The van der Waals surface area contributed by atoms with E-state index in [-0.39, 0.29) is 19.1 Å². The Bertz CT molecular complexity index is 891. The fraction of sp³-hybridized carbons (Fsp3) is 0.881. The summed E-state index contributed by atoms with van der Waals surface area (Å²) in [4.78, 5) is 23.1. The van der Waals surface area contributed by atoms with Crippen molar-refractivity contribution in [1.29, 1.82) is 0 Å². The van der Waals surface area contributed by atoms with Gasteiger partial charge in [0.1, 0.15) is 13.2 Å². The number of aliphatic hydroxyl groups excluding tert-OH is 1. The maximum Gasteiger partial charge on any atom is 0.472 e. The number of phosphoric acid groups is 1. The number of hydrogen-bond donors (Lipinski definition) is 3. The van der Waals surface area contributed by atoms with Crippen molar-refractivity contribution >= 4 is 13.7 Å². The highest BCUT2D eigenvalue weighted by atomic mass is 31.2. The molecule has 0 heterocycles. The number of allylic oxidation sites excluding steroid dienone is 4. The van der Waals surface area contributed by atoms with E-state index in [4.69, 9.17) is 9.05 Å². The Balaban J connectivity index is 4.46. The number of aliphatic hydroxyl groups is 1. The van der Waals surface area contributed by atoms with Crippen LogP contribution >= 0.6 is 7.82 Å². The molecule has 0 aromatic heterocycles. The summed E-state index contributed by atoms with van der Waals surface area (Å²) in [5.74, 6) is -0.165. The van der Waals surface area contributed by atoms with Crippen LogP contribution in [0.4, 0.5) is 0 Å². The third-order valence-corrected chi connectivity index (χ3v) is 10.4. The Morgan fingerprint density at radius 2 is 1.06 bits per heavy atom. The molecule has 0 fully saturated rings. The molecular formula is C42H84N2O6P+. The molecule has 1 amide bonds. The first kappa shape index (κ1) is 50.0. The van der Waals surface area contributed by atoms with E-state index in [1.165, 1.54) is 103 Å². The van der Waals surface area contributed by atoms with Gasteiger partial charge >= 0.3 is 7.82 Å². The number of nitrogens with one attached hydrogen (secondary N) is 1. The lowest BCUT2D eigenvalue weighted by atomic mass is 10.0. The summed E-state index contributed by atoms with van der Waals surface area (Å²) in [6, 6.07) is -0.777. The van der Waals surface area contributed by atoms with Crippen LogP contribution in [0.15, 0.2) is 24.3 Å². The van der Waals surface area contributed by atoms with Gasteiger partial charge in [0.05, 0.1) is 39.9 Å². The zero-order valence-electron chi connectivity index (χ0n) is 34.1. The lowest BCUT2D eigenvalue weighted by Gasteiger charge is -2.26. The van der Waals surface area contributed by atoms with Crippen molar-refractivity contribution in [2.45, 2.75) is 199 Å². The molecule has 0 aliphatic rings. The fourth-order valence-electron chi connectivity index (χ4n) is 5.97. The standard InChI is InChI=1S/C42H83N2O6P/c1-6-8-10-12-14-16-18-20-21-22-24-25-27-29-31-33-35-41(45)40(39-50-51(47,48)49-38-37-44(3,4)5)43-42(46)36-34-32-30-28-26-23-19-17-15-13-11-9-7-2/h17,19,25,27,40-41,45H,6-16,18,20-24,26,28-39H2,1-5H3,(H-,43,46,47,48)/p+1/b19-17+,27-25+/t40-,41+/m0/s1. The number of quaternary nitrogens is 1. The summed E-state index contributed by atoms with van der Waals surface area (Å²) >= 11 is 0. The molecular weight excluding hydrogens is 659 g/mol. The molecule has 3 atom stereocenters. The van der Waals surface area contributed by atoms with Crippen molar-refractivity contribution in [3.05, 3.63) is 24.3 Å². The molecule has 0 spiro atoms. The molecule has 9 heteroatoms. The predicted molar refractivity (Wildman–Crippen MR) is 217 cm³/mol. The SMILES string of the molecule is CCCCCC/C=C/CCCCCCCC(=O)N[C@@H](COP(=O)(O)OCC[N+](C)(C)C)[C@H](O)CCCC/C=C/CCCCCCCCCCCC. The highest BCUT2D eigenvalue weighted by Gasteiger charge is 2.28. The Hall–Kier alpha value is -1.02. The van der Waals surface area contributed by atoms with Crippen LogP contribution in [0.2, 0.25) is 0 Å². The number of hydrogen-bond acceptors (Lipinski definition) is 5. The number of phosphoric ester groups is 1. The molecule has 0 aliphatic heterocycles. The van der Waals surface area contributed by atoms with Crippen LogP contribution in [0.5, 0.6) is 0 Å². The molecule has 0 aromatic rings. The number of amides is 1. The smallest absolute Gasteiger partial charge is 0.391 e. The van der Waals surface area contributed by atoms with Gasteiger partial charge in [0.15, 0.2) is 0 Å². The molecule has 51 heavy (non-hydrogen) atoms. The van der Waals surface area contributed by atoms with Crippen molar-refractivity contribution in [3.63, 3.8) is 0 Å². The van der Waals surface area contributed by atoms with Crippen molar-refractivity contribution in [2.24, 2.45) is 0 Å². The van der Waals surface area contributed by atoms with Gasteiger partial charge in [0, 0.05) is 6.42 Å². The summed E-state index contributed by atoms with van der Waals surface area (Å²) in [5, 5.41) is 13.9. The van der Waals surface area contributed by atoms with Gasteiger partial charge in [-0.05, 0) is 64.2 Å². The van der Waals surface area contributed by atoms with E-state index in [1.54, 1.807) is 0 Å². The van der Waals surface area contributed by atoms with Crippen LogP contribution < -0.4 is 5.32 Å². The third-order valence-electron chi connectivity index (χ3n) is 9.42. The Morgan fingerprint density at radius 1 is 0.647 bits per heavy atom. The molecule has 302 valence electrons. The summed E-state index contributed by atoms with van der Waals surface area (Å²) in [5.41, 5.74) is 0. The second kappa shape index (κ2) is 34.7. The van der Waals surface area contributed by atoms with Gasteiger partial charge in [0.2, 0.25) is 5.91 Å². The minimum Gasteiger partial charge on any atom is -0.391 e. The predicted octanol–water partition coefficient (Wildman–Crippen LogP) is 11.4. The first-order valence-electron chi connectivity index (χ1n) is 21.2. The van der Waals surface area contributed by atoms with E-state index in [0.29, 0.717) is 23.9 Å². The normalized spacial score (nSPS) is 14.7. The monoisotopic (exact) mass is 744 g/mol. The molecule has 0 aromatic carbocycles. The van der Waals surface area contributed by atoms with Crippen LogP contribution in [0.1, 0.15) is 187 Å². The average molecular weight is 744 g/mol. The second-order valence-electron chi connectivity index (χ2n) is 15.7. The molecule has 0 bridgehead atoms. The summed E-state index contributed by atoms with van der Waals surface area (Å²) in [6.45, 7) is 4.83. The maximum absolute atomic E-state index is 12.8. The second-order valence-corrected chi connectivity index (χ2v) is 17.2. The van der Waals surface area contributed by atoms with Crippen molar-refractivity contribution in [2.75, 3.05) is 40.9 Å². The molecule has 1 unspecified atom stereocenters. The Kier molecular flexibility index (Phi) is 34.0. The Labute approximate surface area is 315 Å². The van der Waals surface area contributed by atoms with Crippen LogP contribution in [0.25, 0.3) is 0 Å². The van der Waals surface area contributed by atoms with E-state index >= 15 is 0 Å². The number of carbonyl (C=O) groups is 1. The summed E-state index contributed by atoms with van der Waals surface area (Å²) in [6.07, 6.45) is 39.1. The van der Waals surface area contributed by atoms with Crippen molar-refractivity contribution < 1.29 is 32.9 Å². The van der Waals surface area contributed by atoms with Crippen molar-refractivity contribution in [1.82, 2.24) is 5.32 Å². The number of nitrogens with zero attached hydrogens (tertiary/aromatic N) is 1. The largest absolute Gasteiger partial charge is 0.472 e. The van der Waals surface area contributed by atoms with Gasteiger partial charge in [-0.2, -0.15) is 0 Å². The number of likely N-dealkylation sites (N-methyl/N-ethyl adjacent to an activating group) is 1. The molecule has 0 aliphatic carbocycles. The van der Waals surface area contributed by atoms with E-state index in [0.717, 1.165) is 57.8 Å². The third kappa shape index (κ3) is 37.1. The van der Waals surface area contributed by atoms with Gasteiger partial charge in [-0.25, -0.2) is 4.57 Å². The minimum absolute atomic E-state index is 0.0684. The molecule has 0 saturated carbocycles. The van der Waals surface area contributed by atoms with E-state index in [1.807, 2.05) is 21.1 Å². The van der Waals surface area contributed by atoms with E-state index in [2.05, 4.69) is 43.5 Å². The van der Waals surface area contributed by atoms with E-state index in [9.17, 15) is 19.4 Å². The molecule has 0 rings (SSSR count). The quantitative estimate of drug-likeness (QED) is 0.0252. The lowest BCUT2D eigenvalue weighted by Crippen LogP contribution is -2.46. The molecule has 8 nitrogen and oxygen atoms in total. The topological polar surface area (TPSA) is 105 Å². The number of rotatable bonds is 38. The van der Waals surface area contributed by atoms with Crippen LogP contribution in [-0.4, -0.2) is 73.4 Å². The fourth-order valence-corrected chi connectivity index (χ4v) is 6.71. The molecule has 0 saturated heterocycles. The van der Waals surface area contributed by atoms with Gasteiger partial charge in [-0.1, -0.05) is 141 Å². The van der Waals surface area contributed by atoms with Crippen molar-refractivity contribution in [3.8, 4) is 0 Å². The van der Waals surface area contributed by atoms with Crippen LogP contribution in [0.3, 0.4) is 0 Å². The first-order chi connectivity index (χ1) is 24.5. The van der Waals surface area contributed by atoms with Gasteiger partial charge < -0.3 is 19.8 Å². The number of carbonyl (C=O) groups excluding carboxylic acids is 1.